The van der Waals surface area contributed by atoms with Crippen LogP contribution in [-0.2, 0) is 71.1 Å². The molecule has 16 heteroatoms. The van der Waals surface area contributed by atoms with E-state index in [0.29, 0.717) is 171 Å². The van der Waals surface area contributed by atoms with E-state index >= 15 is 0 Å². The maximum absolute atomic E-state index is 11.5. The Morgan fingerprint density at radius 3 is 0.729 bits per heavy atom. The summed E-state index contributed by atoms with van der Waals surface area (Å²) in [5.41, 5.74) is -0.513. The molecule has 0 fully saturated rings. The van der Waals surface area contributed by atoms with Crippen molar-refractivity contribution in [3.8, 4) is 0 Å². The summed E-state index contributed by atoms with van der Waals surface area (Å²) in [7, 11) is 0. The van der Waals surface area contributed by atoms with Crippen LogP contribution >= 0.6 is 11.6 Å². The molecule has 0 rings (SSSR count). The Morgan fingerprint density at radius 2 is 0.542 bits per heavy atom. The molecule has 0 unspecified atom stereocenters. The number of halogens is 1. The third-order valence-corrected chi connectivity index (χ3v) is 5.48. The van der Waals surface area contributed by atoms with E-state index in [2.05, 4.69) is 0 Å². The van der Waals surface area contributed by atoms with E-state index in [-0.39, 0.29) is 12.6 Å². The summed E-state index contributed by atoms with van der Waals surface area (Å²) < 4.78 is 75.4. The summed E-state index contributed by atoms with van der Waals surface area (Å²) >= 11 is 5.51. The molecular weight excluding hydrogens is 660 g/mol. The van der Waals surface area contributed by atoms with E-state index in [1.165, 1.54) is 0 Å². The van der Waals surface area contributed by atoms with Gasteiger partial charge in [-0.2, -0.15) is 0 Å². The minimum absolute atomic E-state index is 0.0849. The van der Waals surface area contributed by atoms with E-state index in [0.717, 1.165) is 0 Å². The van der Waals surface area contributed by atoms with E-state index < -0.39 is 5.60 Å². The number of ether oxygens (including phenoxy) is 14. The van der Waals surface area contributed by atoms with Gasteiger partial charge < -0.3 is 66.3 Å². The monoisotopic (exact) mass is 722 g/mol. The molecule has 15 nitrogen and oxygen atoms in total. The molecule has 0 heterocycles. The van der Waals surface area contributed by atoms with Gasteiger partial charge in [-0.1, -0.05) is 0 Å². The Bertz CT molecular complexity index is 643. The lowest BCUT2D eigenvalue weighted by Crippen LogP contribution is -2.27. The highest BCUT2D eigenvalue weighted by Gasteiger charge is 2.15. The van der Waals surface area contributed by atoms with E-state index in [1.54, 1.807) is 0 Å². The quantitative estimate of drug-likeness (QED) is 0.0514. The molecule has 0 saturated carbocycles. The summed E-state index contributed by atoms with van der Waals surface area (Å²) in [6.07, 6.45) is 0. The molecule has 0 aromatic rings. The fourth-order valence-corrected chi connectivity index (χ4v) is 3.33. The van der Waals surface area contributed by atoms with Crippen LogP contribution in [0.1, 0.15) is 20.8 Å². The molecule has 0 aliphatic heterocycles. The number of hydrogen-bond acceptors (Lipinski definition) is 15. The topological polar surface area (TPSA) is 146 Å². The van der Waals surface area contributed by atoms with Gasteiger partial charge in [0.05, 0.1) is 165 Å². The second-order valence-electron chi connectivity index (χ2n) is 10.7. The largest absolute Gasteiger partial charge is 0.458 e. The van der Waals surface area contributed by atoms with Gasteiger partial charge in [-0.25, -0.2) is 4.79 Å². The van der Waals surface area contributed by atoms with Crippen molar-refractivity contribution in [1.29, 1.82) is 0 Å². The zero-order chi connectivity index (χ0) is 35.1. The second kappa shape index (κ2) is 39.0. The molecule has 0 aliphatic carbocycles. The number of hydrogen-bond donors (Lipinski definition) is 0. The van der Waals surface area contributed by atoms with Crippen LogP contribution in [0.15, 0.2) is 0 Å². The van der Waals surface area contributed by atoms with Crippen LogP contribution in [0.5, 0.6) is 0 Å². The highest BCUT2D eigenvalue weighted by molar-refractivity contribution is 6.17. The summed E-state index contributed by atoms with van der Waals surface area (Å²) in [6.45, 7) is 17.5. The van der Waals surface area contributed by atoms with Gasteiger partial charge in [0.15, 0.2) is 0 Å². The third-order valence-electron chi connectivity index (χ3n) is 5.33. The molecule has 0 aromatic carbocycles. The van der Waals surface area contributed by atoms with Crippen molar-refractivity contribution in [1.82, 2.24) is 0 Å². The van der Waals surface area contributed by atoms with Gasteiger partial charge >= 0.3 is 5.97 Å². The van der Waals surface area contributed by atoms with Crippen LogP contribution in [0, 0.1) is 0 Å². The first kappa shape index (κ1) is 47.2. The minimum atomic E-state index is -0.513. The van der Waals surface area contributed by atoms with Gasteiger partial charge in [-0.05, 0) is 20.8 Å². The molecule has 0 amide bonds. The number of esters is 1. The predicted octanol–water partition coefficient (Wildman–Crippen LogP) is 1.78. The van der Waals surface area contributed by atoms with E-state index in [9.17, 15) is 4.79 Å². The molecule has 0 bridgehead atoms. The number of carbonyl (C=O) groups is 1. The zero-order valence-electron chi connectivity index (χ0n) is 29.6. The van der Waals surface area contributed by atoms with Crippen LogP contribution < -0.4 is 0 Å². The van der Waals surface area contributed by atoms with Crippen LogP contribution in [0.3, 0.4) is 0 Å². The van der Waals surface area contributed by atoms with Crippen LogP contribution in [0.4, 0.5) is 0 Å². The van der Waals surface area contributed by atoms with Gasteiger partial charge in [0.2, 0.25) is 0 Å². The summed E-state index contributed by atoms with van der Waals surface area (Å²) in [5.74, 6) is 0.105. The lowest BCUT2D eigenvalue weighted by Gasteiger charge is -2.19. The summed E-state index contributed by atoms with van der Waals surface area (Å²) in [5, 5.41) is 0. The Labute approximate surface area is 292 Å². The molecule has 0 spiro atoms. The van der Waals surface area contributed by atoms with E-state index in [4.69, 9.17) is 77.9 Å². The Balaban J connectivity index is 3.09. The number of alkyl halides is 1. The fraction of sp³-hybridized carbons (Fsp3) is 0.969. The van der Waals surface area contributed by atoms with Crippen molar-refractivity contribution in [3.05, 3.63) is 0 Å². The average molecular weight is 723 g/mol. The minimum Gasteiger partial charge on any atom is -0.458 e. The van der Waals surface area contributed by atoms with Gasteiger partial charge in [0, 0.05) is 5.88 Å². The predicted molar refractivity (Wildman–Crippen MR) is 177 cm³/mol. The first-order chi connectivity index (χ1) is 23.5. The van der Waals surface area contributed by atoms with Crippen molar-refractivity contribution in [2.75, 3.05) is 178 Å². The molecule has 0 aliphatic rings. The first-order valence-electron chi connectivity index (χ1n) is 16.7. The fourth-order valence-electron chi connectivity index (χ4n) is 3.22. The van der Waals surface area contributed by atoms with Crippen molar-refractivity contribution in [2.24, 2.45) is 0 Å². The Kier molecular flexibility index (Phi) is 38.4. The van der Waals surface area contributed by atoms with Crippen LogP contribution in [0.25, 0.3) is 0 Å². The molecule has 48 heavy (non-hydrogen) atoms. The third kappa shape index (κ3) is 43.3. The molecule has 0 aromatic heterocycles. The molecular formula is C32H63ClO15. The average Bonchev–Trinajstić information content (AvgIpc) is 3.05. The van der Waals surface area contributed by atoms with Gasteiger partial charge in [-0.3, -0.25) is 0 Å². The van der Waals surface area contributed by atoms with Gasteiger partial charge in [0.1, 0.15) is 12.2 Å². The van der Waals surface area contributed by atoms with Crippen LogP contribution in [0.2, 0.25) is 0 Å². The number of carbonyl (C=O) groups excluding carboxylic acids is 1. The van der Waals surface area contributed by atoms with Crippen molar-refractivity contribution < 1.29 is 71.1 Å². The standard InChI is InChI=1S/C32H63ClO15/c1-32(2,3)48-31(34)30-47-29-28-46-27-26-45-25-24-44-23-22-43-21-20-42-19-18-41-17-16-40-15-14-39-13-12-38-11-10-37-9-8-36-7-6-35-5-4-33/h4-30H2,1-3H3. The van der Waals surface area contributed by atoms with Crippen molar-refractivity contribution in [2.45, 2.75) is 26.4 Å². The van der Waals surface area contributed by atoms with Gasteiger partial charge in [-0.15, -0.1) is 11.6 Å². The maximum Gasteiger partial charge on any atom is 0.332 e. The van der Waals surface area contributed by atoms with E-state index in [1.807, 2.05) is 20.8 Å². The lowest BCUT2D eigenvalue weighted by molar-refractivity contribution is -0.160. The molecule has 288 valence electrons. The second-order valence-corrected chi connectivity index (χ2v) is 11.1. The zero-order valence-corrected chi connectivity index (χ0v) is 30.3. The van der Waals surface area contributed by atoms with Crippen molar-refractivity contribution >= 4 is 17.6 Å². The SMILES string of the molecule is CC(C)(C)OC(=O)COCCOCCOCCOCCOCCOCCOCCOCCOCCOCCOCCOCCOCCCl. The van der Waals surface area contributed by atoms with Crippen LogP contribution in [-0.4, -0.2) is 189 Å². The molecule has 0 radical (unpaired) electrons. The highest BCUT2D eigenvalue weighted by atomic mass is 35.5. The number of rotatable bonds is 40. The lowest BCUT2D eigenvalue weighted by atomic mass is 10.2. The molecule has 0 N–H and O–H groups in total. The smallest absolute Gasteiger partial charge is 0.332 e. The molecule has 0 atom stereocenters. The summed E-state index contributed by atoms with van der Waals surface area (Å²) in [6, 6.07) is 0. The van der Waals surface area contributed by atoms with Crippen molar-refractivity contribution in [3.63, 3.8) is 0 Å². The highest BCUT2D eigenvalue weighted by Crippen LogP contribution is 2.06. The Hall–Kier alpha value is -0.760. The maximum atomic E-state index is 11.5. The summed E-state index contributed by atoms with van der Waals surface area (Å²) in [4.78, 5) is 11.5. The van der Waals surface area contributed by atoms with Gasteiger partial charge in [0.25, 0.3) is 0 Å². The normalized spacial score (nSPS) is 11.8. The Morgan fingerprint density at radius 1 is 0.354 bits per heavy atom. The first-order valence-corrected chi connectivity index (χ1v) is 17.3. The molecule has 0 saturated heterocycles.